The summed E-state index contributed by atoms with van der Waals surface area (Å²) in [7, 11) is -3.50. The summed E-state index contributed by atoms with van der Waals surface area (Å²) in [6.07, 6.45) is 0. The number of alkyl halides is 3. The fourth-order valence-corrected chi connectivity index (χ4v) is 6.17. The summed E-state index contributed by atoms with van der Waals surface area (Å²) in [5, 5.41) is 0. The van der Waals surface area contributed by atoms with E-state index in [1.807, 2.05) is 36.4 Å². The van der Waals surface area contributed by atoms with Crippen LogP contribution < -0.4 is 0 Å². The zero-order chi connectivity index (χ0) is 13.4. The van der Waals surface area contributed by atoms with E-state index in [1.165, 1.54) is 11.3 Å². The highest BCUT2D eigenvalue weighted by atomic mass is 80.0. The van der Waals surface area contributed by atoms with Crippen molar-refractivity contribution in [3.8, 4) is 10.4 Å². The third-order valence-electron chi connectivity index (χ3n) is 2.21. The minimum Gasteiger partial charge on any atom is -0.220 e. The molecule has 0 aliphatic carbocycles. The molecule has 2 rings (SSSR count). The Bertz CT molecular complexity index is 642. The van der Waals surface area contributed by atoms with Crippen molar-refractivity contribution in [2.24, 2.45) is 0 Å². The molecule has 0 fully saturated rings. The molecular formula is C11H7Br3O2S2. The molecule has 0 radical (unpaired) electrons. The molecule has 2 nitrogen and oxygen atoms in total. The van der Waals surface area contributed by atoms with E-state index in [0.717, 1.165) is 10.4 Å². The van der Waals surface area contributed by atoms with Crippen LogP contribution in [-0.4, -0.2) is 9.89 Å². The van der Waals surface area contributed by atoms with Crippen LogP contribution in [0.4, 0.5) is 0 Å². The molecule has 0 bridgehead atoms. The van der Waals surface area contributed by atoms with Crippen LogP contribution >= 0.6 is 59.1 Å². The van der Waals surface area contributed by atoms with Gasteiger partial charge in [0.25, 0.3) is 0 Å². The molecule has 96 valence electrons. The summed E-state index contributed by atoms with van der Waals surface area (Å²) in [6, 6.07) is 13.1. The highest BCUT2D eigenvalue weighted by molar-refractivity contribution is 9.42. The lowest BCUT2D eigenvalue weighted by molar-refractivity contribution is 0.601. The summed E-state index contributed by atoms with van der Waals surface area (Å²) in [5.74, 6) is 0. The molecule has 0 atom stereocenters. The van der Waals surface area contributed by atoms with Crippen molar-refractivity contribution in [1.82, 2.24) is 0 Å². The molecule has 0 saturated carbocycles. The molecule has 0 unspecified atom stereocenters. The highest BCUT2D eigenvalue weighted by Crippen LogP contribution is 2.45. The first kappa shape index (κ1) is 14.7. The third kappa shape index (κ3) is 2.90. The normalized spacial score (nSPS) is 12.6. The minimum atomic E-state index is -3.50. The maximum Gasteiger partial charge on any atom is 0.240 e. The second kappa shape index (κ2) is 5.36. The first-order chi connectivity index (χ1) is 8.32. The van der Waals surface area contributed by atoms with Gasteiger partial charge in [-0.3, -0.25) is 0 Å². The Balaban J connectivity index is 2.45. The molecule has 1 aromatic carbocycles. The largest absolute Gasteiger partial charge is 0.240 e. The molecule has 0 spiro atoms. The number of benzene rings is 1. The van der Waals surface area contributed by atoms with E-state index in [4.69, 9.17) is 0 Å². The van der Waals surface area contributed by atoms with Crippen molar-refractivity contribution in [1.29, 1.82) is 0 Å². The molecule has 2 aromatic rings. The summed E-state index contributed by atoms with van der Waals surface area (Å²) >= 11 is 10.4. The van der Waals surface area contributed by atoms with E-state index >= 15 is 0 Å². The molecule has 0 N–H and O–H groups in total. The lowest BCUT2D eigenvalue weighted by atomic mass is 10.2. The van der Waals surface area contributed by atoms with Gasteiger partial charge in [0.15, 0.2) is 0 Å². The molecule has 0 aliphatic heterocycles. The van der Waals surface area contributed by atoms with Gasteiger partial charge in [-0.1, -0.05) is 30.3 Å². The van der Waals surface area contributed by atoms with Crippen LogP contribution in [0.2, 0.25) is 0 Å². The highest BCUT2D eigenvalue weighted by Gasteiger charge is 2.38. The molecule has 1 heterocycles. The van der Waals surface area contributed by atoms with Crippen molar-refractivity contribution in [2.45, 2.75) is 5.68 Å². The van der Waals surface area contributed by atoms with Gasteiger partial charge in [-0.2, -0.15) is 0 Å². The second-order valence-electron chi connectivity index (χ2n) is 3.43. The van der Waals surface area contributed by atoms with Crippen LogP contribution in [0.15, 0.2) is 46.7 Å². The first-order valence-electron chi connectivity index (χ1n) is 4.79. The Kier molecular flexibility index (Phi) is 4.38. The quantitative estimate of drug-likeness (QED) is 0.575. The van der Waals surface area contributed by atoms with Crippen molar-refractivity contribution >= 4 is 69.0 Å². The van der Waals surface area contributed by atoms with Gasteiger partial charge < -0.3 is 0 Å². The number of thiophene rings is 1. The molecule has 7 heteroatoms. The fourth-order valence-electron chi connectivity index (χ4n) is 1.34. The summed E-state index contributed by atoms with van der Waals surface area (Å²) in [4.78, 5) is 0.922. The Labute approximate surface area is 135 Å². The van der Waals surface area contributed by atoms with Gasteiger partial charge in [-0.15, -0.1) is 11.3 Å². The molecule has 18 heavy (non-hydrogen) atoms. The standard InChI is InChI=1S/C11H7Br3O2S2/c12-11(13,14)18(15,16)10-7-6-9(17-10)8-4-2-1-3-5-8/h1-7H. The number of hydrogen-bond donors (Lipinski definition) is 0. The van der Waals surface area contributed by atoms with Gasteiger partial charge in [0, 0.05) is 4.88 Å². The van der Waals surface area contributed by atoms with Gasteiger partial charge in [0.05, 0.1) is 0 Å². The monoisotopic (exact) mass is 472 g/mol. The Morgan fingerprint density at radius 1 is 0.944 bits per heavy atom. The van der Waals surface area contributed by atoms with Crippen LogP contribution in [0.25, 0.3) is 10.4 Å². The number of halogens is 3. The predicted molar refractivity (Wildman–Crippen MR) is 86.5 cm³/mol. The first-order valence-corrected chi connectivity index (χ1v) is 9.47. The predicted octanol–water partition coefficient (Wildman–Crippen LogP) is 4.98. The van der Waals surface area contributed by atoms with Crippen LogP contribution in [0.5, 0.6) is 0 Å². The van der Waals surface area contributed by atoms with E-state index in [9.17, 15) is 8.42 Å². The van der Waals surface area contributed by atoms with E-state index in [-0.39, 0.29) is 0 Å². The van der Waals surface area contributed by atoms with Crippen molar-refractivity contribution in [3.63, 3.8) is 0 Å². The van der Waals surface area contributed by atoms with Crippen molar-refractivity contribution in [2.75, 3.05) is 0 Å². The zero-order valence-corrected chi connectivity index (χ0v) is 15.2. The number of hydrogen-bond acceptors (Lipinski definition) is 3. The molecular weight excluding hydrogens is 468 g/mol. The van der Waals surface area contributed by atoms with Crippen LogP contribution in [0.1, 0.15) is 0 Å². The number of sulfone groups is 1. The molecule has 0 aliphatic rings. The average molecular weight is 475 g/mol. The van der Waals surface area contributed by atoms with E-state index < -0.39 is 11.3 Å². The van der Waals surface area contributed by atoms with Crippen LogP contribution in [0.3, 0.4) is 0 Å². The van der Waals surface area contributed by atoms with Crippen molar-refractivity contribution < 1.29 is 8.42 Å². The van der Waals surface area contributed by atoms with Crippen LogP contribution in [-0.2, 0) is 9.84 Å². The number of rotatable bonds is 2. The van der Waals surface area contributed by atoms with Gasteiger partial charge in [0.2, 0.25) is 11.3 Å². The fraction of sp³-hybridized carbons (Fsp3) is 0.0909. The molecule has 0 saturated heterocycles. The van der Waals surface area contributed by atoms with Crippen molar-refractivity contribution in [3.05, 3.63) is 42.5 Å². The zero-order valence-electron chi connectivity index (χ0n) is 8.81. The van der Waals surface area contributed by atoms with Gasteiger partial charge >= 0.3 is 0 Å². The topological polar surface area (TPSA) is 34.1 Å². The second-order valence-corrected chi connectivity index (χ2v) is 15.2. The van der Waals surface area contributed by atoms with E-state index in [0.29, 0.717) is 4.21 Å². The SMILES string of the molecule is O=S(=O)(c1ccc(-c2ccccc2)s1)C(Br)(Br)Br. The third-order valence-corrected chi connectivity index (χ3v) is 9.16. The van der Waals surface area contributed by atoms with E-state index in [2.05, 4.69) is 47.8 Å². The Hall–Kier alpha value is 0.310. The lowest BCUT2D eigenvalue weighted by Gasteiger charge is -2.11. The summed E-state index contributed by atoms with van der Waals surface area (Å²) in [5.41, 5.74) is 1.01. The minimum absolute atomic E-state index is 0.298. The van der Waals surface area contributed by atoms with Crippen LogP contribution in [0, 0.1) is 0 Å². The maximum absolute atomic E-state index is 12.2. The molecule has 0 amide bonds. The maximum atomic E-state index is 12.2. The Morgan fingerprint density at radius 2 is 1.56 bits per heavy atom. The van der Waals surface area contributed by atoms with Gasteiger partial charge in [-0.05, 0) is 65.5 Å². The smallest absolute Gasteiger partial charge is 0.220 e. The van der Waals surface area contributed by atoms with E-state index in [1.54, 1.807) is 6.07 Å². The average Bonchev–Trinajstić information content (AvgIpc) is 2.78. The van der Waals surface area contributed by atoms with Gasteiger partial charge in [0.1, 0.15) is 4.21 Å². The lowest BCUT2D eigenvalue weighted by Crippen LogP contribution is -2.16. The van der Waals surface area contributed by atoms with Gasteiger partial charge in [-0.25, -0.2) is 8.42 Å². The Morgan fingerprint density at radius 3 is 2.11 bits per heavy atom. The summed E-state index contributed by atoms with van der Waals surface area (Å²) in [6.45, 7) is 0. The summed E-state index contributed by atoms with van der Waals surface area (Å²) < 4.78 is 23.3. The molecule has 1 aromatic heterocycles.